The topological polar surface area (TPSA) is 95.0 Å². The molecule has 0 saturated carbocycles. The fourth-order valence-electron chi connectivity index (χ4n) is 2.87. The van der Waals surface area contributed by atoms with E-state index in [-0.39, 0.29) is 17.3 Å². The molecule has 1 aliphatic rings. The lowest BCUT2D eigenvalue weighted by molar-refractivity contribution is -0.140. The van der Waals surface area contributed by atoms with Crippen LogP contribution in [-0.2, 0) is 14.8 Å². The summed E-state index contributed by atoms with van der Waals surface area (Å²) in [4.78, 5) is 25.1. The highest BCUT2D eigenvalue weighted by Crippen LogP contribution is 2.26. The normalized spacial score (nSPS) is 18.5. The standard InChI is InChI=1S/C16H22N2O5S/c1-3-17(4-2)15(19)12-7-9-13(10-8-12)24(22,23)18-11-5-6-14(18)16(20)21/h7-10,14H,3-6,11H2,1-2H3,(H,20,21)/t14-/m0/s1. The molecule has 0 aliphatic carbocycles. The van der Waals surface area contributed by atoms with Crippen LogP contribution in [0.1, 0.15) is 37.0 Å². The van der Waals surface area contributed by atoms with Gasteiger partial charge >= 0.3 is 5.97 Å². The van der Waals surface area contributed by atoms with Crippen LogP contribution in [0.3, 0.4) is 0 Å². The number of rotatable bonds is 6. The molecule has 1 saturated heterocycles. The molecule has 24 heavy (non-hydrogen) atoms. The highest BCUT2D eigenvalue weighted by atomic mass is 32.2. The van der Waals surface area contributed by atoms with E-state index in [0.29, 0.717) is 31.5 Å². The lowest BCUT2D eigenvalue weighted by Gasteiger charge is -2.21. The van der Waals surface area contributed by atoms with Gasteiger partial charge in [0, 0.05) is 25.2 Å². The summed E-state index contributed by atoms with van der Waals surface area (Å²) >= 11 is 0. The van der Waals surface area contributed by atoms with Gasteiger partial charge in [-0.2, -0.15) is 4.31 Å². The monoisotopic (exact) mass is 354 g/mol. The van der Waals surface area contributed by atoms with E-state index in [1.165, 1.54) is 24.3 Å². The van der Waals surface area contributed by atoms with Gasteiger partial charge in [-0.1, -0.05) is 0 Å². The first kappa shape index (κ1) is 18.4. The molecule has 1 heterocycles. The minimum absolute atomic E-state index is 0.00625. The summed E-state index contributed by atoms with van der Waals surface area (Å²) in [6.45, 7) is 5.09. The number of carbonyl (C=O) groups excluding carboxylic acids is 1. The van der Waals surface area contributed by atoms with Gasteiger partial charge in [0.05, 0.1) is 4.90 Å². The van der Waals surface area contributed by atoms with E-state index in [0.717, 1.165) is 4.31 Å². The fourth-order valence-corrected chi connectivity index (χ4v) is 4.52. The van der Waals surface area contributed by atoms with Gasteiger partial charge in [0.1, 0.15) is 6.04 Å². The highest BCUT2D eigenvalue weighted by Gasteiger charge is 2.39. The van der Waals surface area contributed by atoms with Crippen molar-refractivity contribution in [3.63, 3.8) is 0 Å². The van der Waals surface area contributed by atoms with E-state index >= 15 is 0 Å². The summed E-state index contributed by atoms with van der Waals surface area (Å²) in [5, 5.41) is 9.17. The van der Waals surface area contributed by atoms with Crippen molar-refractivity contribution in [2.45, 2.75) is 37.6 Å². The minimum Gasteiger partial charge on any atom is -0.480 e. The van der Waals surface area contributed by atoms with Gasteiger partial charge in [0.15, 0.2) is 0 Å². The summed E-state index contributed by atoms with van der Waals surface area (Å²) in [6, 6.07) is 4.65. The zero-order valence-corrected chi connectivity index (χ0v) is 14.6. The van der Waals surface area contributed by atoms with Crippen LogP contribution >= 0.6 is 0 Å². The first-order valence-electron chi connectivity index (χ1n) is 7.96. The molecule has 1 N–H and O–H groups in total. The number of amides is 1. The third-order valence-electron chi connectivity index (χ3n) is 4.25. The molecule has 1 aliphatic heterocycles. The molecule has 0 unspecified atom stereocenters. The first-order valence-corrected chi connectivity index (χ1v) is 9.40. The quantitative estimate of drug-likeness (QED) is 0.833. The van der Waals surface area contributed by atoms with Crippen LogP contribution in [0.2, 0.25) is 0 Å². The summed E-state index contributed by atoms with van der Waals surface area (Å²) in [6.07, 6.45) is 0.835. The first-order chi connectivity index (χ1) is 11.3. The Morgan fingerprint density at radius 3 is 2.29 bits per heavy atom. The molecule has 1 fully saturated rings. The van der Waals surface area contributed by atoms with Crippen LogP contribution < -0.4 is 0 Å². The number of hydrogen-bond acceptors (Lipinski definition) is 4. The number of sulfonamides is 1. The smallest absolute Gasteiger partial charge is 0.322 e. The molecule has 1 atom stereocenters. The van der Waals surface area contributed by atoms with Gasteiger partial charge in [-0.05, 0) is 51.0 Å². The van der Waals surface area contributed by atoms with Gasteiger partial charge in [-0.25, -0.2) is 8.42 Å². The molecular weight excluding hydrogens is 332 g/mol. The van der Waals surface area contributed by atoms with Crippen molar-refractivity contribution in [1.29, 1.82) is 0 Å². The Bertz CT molecular complexity index is 710. The SMILES string of the molecule is CCN(CC)C(=O)c1ccc(S(=O)(=O)N2CCC[C@H]2C(=O)O)cc1. The molecule has 2 rings (SSSR count). The summed E-state index contributed by atoms with van der Waals surface area (Å²) < 4.78 is 26.3. The second kappa shape index (κ2) is 7.31. The lowest BCUT2D eigenvalue weighted by Crippen LogP contribution is -2.40. The third-order valence-corrected chi connectivity index (χ3v) is 6.17. The Hall–Kier alpha value is -1.93. The molecule has 1 aromatic carbocycles. The Kier molecular flexibility index (Phi) is 5.61. The number of carboxylic acid groups (broad SMARTS) is 1. The van der Waals surface area contributed by atoms with Crippen LogP contribution in [0.4, 0.5) is 0 Å². The number of hydrogen-bond donors (Lipinski definition) is 1. The largest absolute Gasteiger partial charge is 0.480 e. The number of aliphatic carboxylic acids is 1. The van der Waals surface area contributed by atoms with Crippen molar-refractivity contribution in [2.24, 2.45) is 0 Å². The van der Waals surface area contributed by atoms with E-state index < -0.39 is 22.0 Å². The predicted molar refractivity (Wildman–Crippen MR) is 88.2 cm³/mol. The second-order valence-electron chi connectivity index (χ2n) is 5.61. The van der Waals surface area contributed by atoms with E-state index in [2.05, 4.69) is 0 Å². The van der Waals surface area contributed by atoms with Gasteiger partial charge in [0.2, 0.25) is 10.0 Å². The van der Waals surface area contributed by atoms with E-state index in [9.17, 15) is 18.0 Å². The summed E-state index contributed by atoms with van der Waals surface area (Å²) in [5.41, 5.74) is 0.411. The molecule has 132 valence electrons. The molecule has 7 nitrogen and oxygen atoms in total. The summed E-state index contributed by atoms with van der Waals surface area (Å²) in [5.74, 6) is -1.29. The van der Waals surface area contributed by atoms with Gasteiger partial charge < -0.3 is 10.0 Å². The summed E-state index contributed by atoms with van der Waals surface area (Å²) in [7, 11) is -3.88. The van der Waals surface area contributed by atoms with Crippen LogP contribution in [0.15, 0.2) is 29.2 Å². The van der Waals surface area contributed by atoms with Crippen molar-refractivity contribution in [2.75, 3.05) is 19.6 Å². The van der Waals surface area contributed by atoms with Crippen molar-refractivity contribution >= 4 is 21.9 Å². The van der Waals surface area contributed by atoms with Crippen LogP contribution in [0.25, 0.3) is 0 Å². The number of nitrogens with zero attached hydrogens (tertiary/aromatic N) is 2. The maximum Gasteiger partial charge on any atom is 0.322 e. The third kappa shape index (κ3) is 3.44. The fraction of sp³-hybridized carbons (Fsp3) is 0.500. The molecular formula is C16H22N2O5S. The molecule has 8 heteroatoms. The maximum atomic E-state index is 12.6. The van der Waals surface area contributed by atoms with Crippen LogP contribution in [0.5, 0.6) is 0 Å². The van der Waals surface area contributed by atoms with Gasteiger partial charge in [0.25, 0.3) is 5.91 Å². The van der Waals surface area contributed by atoms with Crippen molar-refractivity contribution in [3.05, 3.63) is 29.8 Å². The molecule has 0 spiro atoms. The predicted octanol–water partition coefficient (Wildman–Crippen LogP) is 1.41. The van der Waals surface area contributed by atoms with Gasteiger partial charge in [-0.3, -0.25) is 9.59 Å². The van der Waals surface area contributed by atoms with Crippen molar-refractivity contribution < 1.29 is 23.1 Å². The van der Waals surface area contributed by atoms with Crippen LogP contribution in [-0.4, -0.2) is 60.3 Å². The average Bonchev–Trinajstić information content (AvgIpc) is 3.07. The Morgan fingerprint density at radius 2 is 1.79 bits per heavy atom. The molecule has 1 amide bonds. The average molecular weight is 354 g/mol. The molecule has 1 aromatic rings. The minimum atomic E-state index is -3.88. The van der Waals surface area contributed by atoms with E-state index in [1.54, 1.807) is 4.90 Å². The van der Waals surface area contributed by atoms with Crippen LogP contribution in [0, 0.1) is 0 Å². The Labute approximate surface area is 141 Å². The van der Waals surface area contributed by atoms with Crippen molar-refractivity contribution in [1.82, 2.24) is 9.21 Å². The van der Waals surface area contributed by atoms with E-state index in [4.69, 9.17) is 5.11 Å². The zero-order valence-electron chi connectivity index (χ0n) is 13.8. The number of carboxylic acids is 1. The lowest BCUT2D eigenvalue weighted by atomic mass is 10.2. The van der Waals surface area contributed by atoms with E-state index in [1.807, 2.05) is 13.8 Å². The number of benzene rings is 1. The van der Waals surface area contributed by atoms with Gasteiger partial charge in [-0.15, -0.1) is 0 Å². The highest BCUT2D eigenvalue weighted by molar-refractivity contribution is 7.89. The molecule has 0 bridgehead atoms. The molecule has 0 radical (unpaired) electrons. The second-order valence-corrected chi connectivity index (χ2v) is 7.50. The Balaban J connectivity index is 2.27. The Morgan fingerprint density at radius 1 is 1.21 bits per heavy atom. The zero-order chi connectivity index (χ0) is 17.9. The molecule has 0 aromatic heterocycles. The number of carbonyl (C=O) groups is 2. The maximum absolute atomic E-state index is 12.6. The van der Waals surface area contributed by atoms with Crippen molar-refractivity contribution in [3.8, 4) is 0 Å².